The highest BCUT2D eigenvalue weighted by Gasteiger charge is 2.36. The summed E-state index contributed by atoms with van der Waals surface area (Å²) in [5.74, 6) is -1.40. The molecule has 0 spiro atoms. The highest BCUT2D eigenvalue weighted by atomic mass is 35.5. The molecule has 2 aromatic carbocycles. The average Bonchev–Trinajstić information content (AvgIpc) is 2.53. The molecule has 2 aromatic rings. The summed E-state index contributed by atoms with van der Waals surface area (Å²) in [4.78, 5) is 37.7. The first-order valence-electron chi connectivity index (χ1n) is 7.19. The quantitative estimate of drug-likeness (QED) is 0.673. The molecule has 4 amide bonds. The molecule has 120 valence electrons. The van der Waals surface area contributed by atoms with Gasteiger partial charge in [-0.05, 0) is 42.8 Å². The smallest absolute Gasteiger partial charge is 0.273 e. The number of hydrogen-bond acceptors (Lipinski definition) is 3. The van der Waals surface area contributed by atoms with Crippen molar-refractivity contribution in [2.24, 2.45) is 0 Å². The largest absolute Gasteiger partial charge is 0.335 e. The minimum absolute atomic E-state index is 0.127. The molecule has 0 atom stereocenters. The lowest BCUT2D eigenvalue weighted by molar-refractivity contribution is -0.122. The molecule has 0 unspecified atom stereocenters. The van der Waals surface area contributed by atoms with Crippen LogP contribution >= 0.6 is 11.6 Å². The molecule has 0 aliphatic carbocycles. The lowest BCUT2D eigenvalue weighted by atomic mass is 10.1. The predicted octanol–water partition coefficient (Wildman–Crippen LogP) is 3.31. The maximum atomic E-state index is 12.7. The second-order valence-corrected chi connectivity index (χ2v) is 5.78. The number of barbiturate groups is 1. The van der Waals surface area contributed by atoms with Gasteiger partial charge in [-0.1, -0.05) is 41.4 Å². The zero-order chi connectivity index (χ0) is 17.3. The minimum Gasteiger partial charge on any atom is -0.273 e. The number of carbonyl (C=O) groups excluding carboxylic acids is 3. The van der Waals surface area contributed by atoms with Crippen LogP contribution in [0.25, 0.3) is 6.08 Å². The summed E-state index contributed by atoms with van der Waals surface area (Å²) in [7, 11) is 0. The molecule has 0 aromatic heterocycles. The minimum atomic E-state index is -0.767. The lowest BCUT2D eigenvalue weighted by Crippen LogP contribution is -2.54. The summed E-state index contributed by atoms with van der Waals surface area (Å²) in [5.41, 5.74) is 1.86. The van der Waals surface area contributed by atoms with E-state index in [2.05, 4.69) is 5.32 Å². The second kappa shape index (κ2) is 6.29. The number of hydrogen-bond donors (Lipinski definition) is 1. The third-order valence-corrected chi connectivity index (χ3v) is 3.79. The molecule has 0 bridgehead atoms. The van der Waals surface area contributed by atoms with Crippen LogP contribution in [0.5, 0.6) is 0 Å². The van der Waals surface area contributed by atoms with Crippen LogP contribution in [0.4, 0.5) is 10.5 Å². The van der Waals surface area contributed by atoms with Crippen molar-refractivity contribution in [2.45, 2.75) is 6.92 Å². The molecule has 24 heavy (non-hydrogen) atoms. The third kappa shape index (κ3) is 3.07. The van der Waals surface area contributed by atoms with E-state index in [1.807, 2.05) is 6.92 Å². The van der Waals surface area contributed by atoms with Gasteiger partial charge in [0.15, 0.2) is 0 Å². The van der Waals surface area contributed by atoms with Crippen LogP contribution in [0.1, 0.15) is 11.1 Å². The maximum Gasteiger partial charge on any atom is 0.335 e. The Kier molecular flexibility index (Phi) is 4.18. The van der Waals surface area contributed by atoms with E-state index in [1.54, 1.807) is 48.5 Å². The highest BCUT2D eigenvalue weighted by molar-refractivity contribution is 6.39. The number of urea groups is 1. The first-order valence-corrected chi connectivity index (χ1v) is 7.57. The fourth-order valence-corrected chi connectivity index (χ4v) is 2.55. The number of benzene rings is 2. The summed E-state index contributed by atoms with van der Waals surface area (Å²) >= 11 is 5.92. The zero-order valence-electron chi connectivity index (χ0n) is 12.7. The van der Waals surface area contributed by atoms with Crippen molar-refractivity contribution >= 4 is 41.2 Å². The molecule has 0 saturated carbocycles. The van der Waals surface area contributed by atoms with Gasteiger partial charge in [-0.3, -0.25) is 14.9 Å². The Morgan fingerprint density at radius 3 is 2.42 bits per heavy atom. The van der Waals surface area contributed by atoms with Crippen molar-refractivity contribution in [3.63, 3.8) is 0 Å². The molecule has 1 saturated heterocycles. The SMILES string of the molecule is Cc1ccc(N2C(=O)NC(=O)/C(=C\c3cccc(Cl)c3)C2=O)cc1. The van der Waals surface area contributed by atoms with Gasteiger partial charge in [-0.2, -0.15) is 0 Å². The van der Waals surface area contributed by atoms with Crippen LogP contribution in [0.15, 0.2) is 54.1 Å². The fourth-order valence-electron chi connectivity index (χ4n) is 2.35. The Bertz CT molecular complexity index is 872. The lowest BCUT2D eigenvalue weighted by Gasteiger charge is -2.26. The zero-order valence-corrected chi connectivity index (χ0v) is 13.5. The first kappa shape index (κ1) is 16.0. The van der Waals surface area contributed by atoms with Crippen LogP contribution in [-0.4, -0.2) is 17.8 Å². The number of imide groups is 2. The van der Waals surface area contributed by atoms with Gasteiger partial charge in [0, 0.05) is 5.02 Å². The van der Waals surface area contributed by atoms with Crippen LogP contribution in [0, 0.1) is 6.92 Å². The van der Waals surface area contributed by atoms with Gasteiger partial charge in [0.25, 0.3) is 11.8 Å². The van der Waals surface area contributed by atoms with Gasteiger partial charge < -0.3 is 0 Å². The molecule has 1 fully saturated rings. The van der Waals surface area contributed by atoms with Crippen LogP contribution in [0.3, 0.4) is 0 Å². The second-order valence-electron chi connectivity index (χ2n) is 5.35. The van der Waals surface area contributed by atoms with E-state index in [1.165, 1.54) is 6.08 Å². The highest BCUT2D eigenvalue weighted by Crippen LogP contribution is 2.22. The normalized spacial score (nSPS) is 16.5. The van der Waals surface area contributed by atoms with Gasteiger partial charge in [-0.15, -0.1) is 0 Å². The van der Waals surface area contributed by atoms with Crippen LogP contribution in [0.2, 0.25) is 5.02 Å². The Morgan fingerprint density at radius 1 is 1.04 bits per heavy atom. The standard InChI is InChI=1S/C18H13ClN2O3/c1-11-5-7-14(8-6-11)21-17(23)15(16(22)20-18(21)24)10-12-3-2-4-13(19)9-12/h2-10H,1H3,(H,20,22,24)/b15-10+. The Labute approximate surface area is 143 Å². The summed E-state index contributed by atoms with van der Waals surface area (Å²) in [5, 5.41) is 2.67. The summed E-state index contributed by atoms with van der Waals surface area (Å²) in [6.07, 6.45) is 1.41. The first-order chi connectivity index (χ1) is 11.5. The fraction of sp³-hybridized carbons (Fsp3) is 0.0556. The van der Waals surface area contributed by atoms with Gasteiger partial charge in [0.05, 0.1) is 5.69 Å². The monoisotopic (exact) mass is 340 g/mol. The summed E-state index contributed by atoms with van der Waals surface area (Å²) < 4.78 is 0. The van der Waals surface area contributed by atoms with Crippen LogP contribution < -0.4 is 10.2 Å². The van der Waals surface area contributed by atoms with Gasteiger partial charge in [0.1, 0.15) is 5.57 Å². The summed E-state index contributed by atoms with van der Waals surface area (Å²) in [6.45, 7) is 1.90. The number of anilines is 1. The number of rotatable bonds is 2. The predicted molar refractivity (Wildman–Crippen MR) is 91.6 cm³/mol. The van der Waals surface area contributed by atoms with Crippen molar-refractivity contribution in [3.8, 4) is 0 Å². The molecule has 6 heteroatoms. The van der Waals surface area contributed by atoms with E-state index in [4.69, 9.17) is 11.6 Å². The summed E-state index contributed by atoms with van der Waals surface area (Å²) in [6, 6.07) is 12.8. The number of aryl methyl sites for hydroxylation is 1. The molecule has 3 rings (SSSR count). The molecule has 1 N–H and O–H groups in total. The van der Waals surface area contributed by atoms with Crippen molar-refractivity contribution < 1.29 is 14.4 Å². The van der Waals surface area contributed by atoms with Gasteiger partial charge in [-0.25, -0.2) is 9.69 Å². The van der Waals surface area contributed by atoms with Crippen molar-refractivity contribution in [3.05, 3.63) is 70.3 Å². The van der Waals surface area contributed by atoms with Gasteiger partial charge in [0.2, 0.25) is 0 Å². The van der Waals surface area contributed by atoms with Gasteiger partial charge >= 0.3 is 6.03 Å². The molecular weight excluding hydrogens is 328 g/mol. The van der Waals surface area contributed by atoms with E-state index < -0.39 is 17.8 Å². The Hall–Kier alpha value is -2.92. The number of amides is 4. The van der Waals surface area contributed by atoms with E-state index in [0.717, 1.165) is 10.5 Å². The van der Waals surface area contributed by atoms with E-state index in [9.17, 15) is 14.4 Å². The number of nitrogens with one attached hydrogen (secondary N) is 1. The molecular formula is C18H13ClN2O3. The average molecular weight is 341 g/mol. The van der Waals surface area contributed by atoms with Crippen molar-refractivity contribution in [2.75, 3.05) is 4.90 Å². The van der Waals surface area contributed by atoms with Crippen molar-refractivity contribution in [1.29, 1.82) is 0 Å². The maximum absolute atomic E-state index is 12.7. The van der Waals surface area contributed by atoms with E-state index in [0.29, 0.717) is 16.3 Å². The van der Waals surface area contributed by atoms with E-state index in [-0.39, 0.29) is 5.57 Å². The third-order valence-electron chi connectivity index (χ3n) is 3.55. The number of nitrogens with zero attached hydrogens (tertiary/aromatic N) is 1. The molecule has 1 heterocycles. The Morgan fingerprint density at radius 2 is 1.75 bits per heavy atom. The topological polar surface area (TPSA) is 66.5 Å². The van der Waals surface area contributed by atoms with E-state index >= 15 is 0 Å². The molecule has 0 radical (unpaired) electrons. The number of carbonyl (C=O) groups is 3. The molecule has 1 aliphatic heterocycles. The number of halogens is 1. The Balaban J connectivity index is 2.01. The van der Waals surface area contributed by atoms with Crippen LogP contribution in [-0.2, 0) is 9.59 Å². The molecule has 1 aliphatic rings. The molecule has 5 nitrogen and oxygen atoms in total. The van der Waals surface area contributed by atoms with Crippen molar-refractivity contribution in [1.82, 2.24) is 5.32 Å².